The maximum Gasteiger partial charge on any atom is 0.322 e. The van der Waals surface area contributed by atoms with Crippen LogP contribution in [-0.4, -0.2) is 41.9 Å². The Labute approximate surface area is 139 Å². The Kier molecular flexibility index (Phi) is 4.91. The third kappa shape index (κ3) is 3.62. The Morgan fingerprint density at radius 1 is 1.08 bits per heavy atom. The zero-order valence-corrected chi connectivity index (χ0v) is 13.8. The standard InChI is InChI=1S/C15H18N4O4S/c20-14(17-15-18-16-11-23-15)12-5-7-13(8-6-12)24(21,22)19-9-3-1-2-4-10-19/h5-8,11H,1-4,9-10H2,(H,17,18,20). The third-order valence-corrected chi connectivity index (χ3v) is 5.81. The summed E-state index contributed by atoms with van der Waals surface area (Å²) < 4.78 is 31.7. The van der Waals surface area contributed by atoms with Gasteiger partial charge in [0.2, 0.25) is 16.4 Å². The zero-order chi connectivity index (χ0) is 17.0. The number of nitrogens with one attached hydrogen (secondary N) is 1. The fourth-order valence-electron chi connectivity index (χ4n) is 2.61. The van der Waals surface area contributed by atoms with Gasteiger partial charge in [0.1, 0.15) is 0 Å². The van der Waals surface area contributed by atoms with Crippen molar-refractivity contribution in [2.24, 2.45) is 0 Å². The van der Waals surface area contributed by atoms with Crippen LogP contribution in [0.2, 0.25) is 0 Å². The van der Waals surface area contributed by atoms with Gasteiger partial charge in [-0.25, -0.2) is 8.42 Å². The molecule has 1 aromatic heterocycles. The lowest BCUT2D eigenvalue weighted by molar-refractivity contribution is 0.102. The van der Waals surface area contributed by atoms with Crippen LogP contribution < -0.4 is 5.32 Å². The summed E-state index contributed by atoms with van der Waals surface area (Å²) in [5.74, 6) is -0.446. The molecule has 0 saturated carbocycles. The zero-order valence-electron chi connectivity index (χ0n) is 13.0. The van der Waals surface area contributed by atoms with Gasteiger partial charge in [0.15, 0.2) is 0 Å². The van der Waals surface area contributed by atoms with Crippen molar-refractivity contribution in [1.29, 1.82) is 0 Å². The summed E-state index contributed by atoms with van der Waals surface area (Å²) in [6, 6.07) is 5.82. The molecule has 1 aromatic carbocycles. The Morgan fingerprint density at radius 3 is 2.33 bits per heavy atom. The van der Waals surface area contributed by atoms with E-state index in [4.69, 9.17) is 4.42 Å². The smallest absolute Gasteiger partial charge is 0.322 e. The summed E-state index contributed by atoms with van der Waals surface area (Å²) in [4.78, 5) is 12.2. The van der Waals surface area contributed by atoms with E-state index in [0.29, 0.717) is 18.7 Å². The summed E-state index contributed by atoms with van der Waals surface area (Å²) in [7, 11) is -3.52. The van der Waals surface area contributed by atoms with Crippen molar-refractivity contribution in [3.05, 3.63) is 36.2 Å². The molecule has 0 spiro atoms. The fraction of sp³-hybridized carbons (Fsp3) is 0.400. The van der Waals surface area contributed by atoms with Gasteiger partial charge in [0.25, 0.3) is 5.91 Å². The lowest BCUT2D eigenvalue weighted by atomic mass is 10.2. The van der Waals surface area contributed by atoms with Crippen molar-refractivity contribution in [2.75, 3.05) is 18.4 Å². The molecule has 9 heteroatoms. The van der Waals surface area contributed by atoms with Crippen LogP contribution in [0.4, 0.5) is 6.01 Å². The Hall–Kier alpha value is -2.26. The molecular weight excluding hydrogens is 332 g/mol. The van der Waals surface area contributed by atoms with Crippen LogP contribution in [0.1, 0.15) is 36.0 Å². The van der Waals surface area contributed by atoms with Gasteiger partial charge in [-0.3, -0.25) is 10.1 Å². The fourth-order valence-corrected chi connectivity index (χ4v) is 4.12. The quantitative estimate of drug-likeness (QED) is 0.902. The normalized spacial score (nSPS) is 16.5. The summed E-state index contributed by atoms with van der Waals surface area (Å²) in [5.41, 5.74) is 0.308. The Bertz CT molecular complexity index is 779. The number of hydrogen-bond acceptors (Lipinski definition) is 6. The van der Waals surface area contributed by atoms with Gasteiger partial charge in [-0.05, 0) is 37.1 Å². The second-order valence-electron chi connectivity index (χ2n) is 5.54. The van der Waals surface area contributed by atoms with Crippen LogP contribution in [0.5, 0.6) is 0 Å². The molecule has 1 saturated heterocycles. The SMILES string of the molecule is O=C(Nc1nnco1)c1ccc(S(=O)(=O)N2CCCCCC2)cc1. The van der Waals surface area contributed by atoms with Crippen LogP contribution >= 0.6 is 0 Å². The van der Waals surface area contributed by atoms with Gasteiger partial charge in [-0.15, -0.1) is 5.10 Å². The highest BCUT2D eigenvalue weighted by Gasteiger charge is 2.25. The third-order valence-electron chi connectivity index (χ3n) is 3.90. The number of rotatable bonds is 4. The van der Waals surface area contributed by atoms with E-state index >= 15 is 0 Å². The van der Waals surface area contributed by atoms with Crippen LogP contribution in [-0.2, 0) is 10.0 Å². The van der Waals surface area contributed by atoms with E-state index in [2.05, 4.69) is 15.5 Å². The van der Waals surface area contributed by atoms with E-state index in [-0.39, 0.29) is 10.9 Å². The first-order chi connectivity index (χ1) is 11.6. The molecule has 0 atom stereocenters. The van der Waals surface area contributed by atoms with Gasteiger partial charge in [-0.1, -0.05) is 17.9 Å². The number of amides is 1. The van der Waals surface area contributed by atoms with Gasteiger partial charge in [0, 0.05) is 18.7 Å². The monoisotopic (exact) mass is 350 g/mol. The van der Waals surface area contributed by atoms with Crippen LogP contribution in [0, 0.1) is 0 Å². The molecule has 1 aliphatic heterocycles. The van der Waals surface area contributed by atoms with E-state index in [0.717, 1.165) is 32.1 Å². The van der Waals surface area contributed by atoms with Gasteiger partial charge in [0.05, 0.1) is 4.90 Å². The average Bonchev–Trinajstić information content (AvgIpc) is 2.93. The predicted molar refractivity (Wildman–Crippen MR) is 85.9 cm³/mol. The molecule has 128 valence electrons. The predicted octanol–water partition coefficient (Wildman–Crippen LogP) is 1.89. The lowest BCUT2D eigenvalue weighted by Gasteiger charge is -2.19. The maximum absolute atomic E-state index is 12.7. The second-order valence-corrected chi connectivity index (χ2v) is 7.48. The molecule has 1 fully saturated rings. The van der Waals surface area contributed by atoms with Crippen LogP contribution in [0.3, 0.4) is 0 Å². The Balaban J connectivity index is 1.74. The maximum atomic E-state index is 12.7. The largest absolute Gasteiger partial charge is 0.411 e. The van der Waals surface area contributed by atoms with Crippen molar-refractivity contribution in [3.8, 4) is 0 Å². The summed E-state index contributed by atoms with van der Waals surface area (Å²) in [6.07, 6.45) is 4.97. The molecule has 0 aliphatic carbocycles. The second kappa shape index (κ2) is 7.10. The molecule has 24 heavy (non-hydrogen) atoms. The summed E-state index contributed by atoms with van der Waals surface area (Å²) in [6.45, 7) is 1.09. The van der Waals surface area contributed by atoms with Crippen molar-refractivity contribution in [3.63, 3.8) is 0 Å². The molecule has 0 radical (unpaired) electrons. The van der Waals surface area contributed by atoms with Crippen molar-refractivity contribution < 1.29 is 17.6 Å². The first kappa shape index (κ1) is 16.6. The summed E-state index contributed by atoms with van der Waals surface area (Å²) in [5, 5.41) is 9.44. The molecule has 1 aliphatic rings. The lowest BCUT2D eigenvalue weighted by Crippen LogP contribution is -2.31. The number of anilines is 1. The molecule has 1 amide bonds. The minimum Gasteiger partial charge on any atom is -0.411 e. The number of hydrogen-bond donors (Lipinski definition) is 1. The molecule has 0 bridgehead atoms. The minimum absolute atomic E-state index is 0.0127. The molecular formula is C15H18N4O4S. The van der Waals surface area contributed by atoms with E-state index < -0.39 is 15.9 Å². The van der Waals surface area contributed by atoms with E-state index in [9.17, 15) is 13.2 Å². The number of aromatic nitrogens is 2. The van der Waals surface area contributed by atoms with Gasteiger partial charge >= 0.3 is 6.01 Å². The summed E-state index contributed by atoms with van der Waals surface area (Å²) >= 11 is 0. The highest BCUT2D eigenvalue weighted by molar-refractivity contribution is 7.89. The molecule has 0 unspecified atom stereocenters. The first-order valence-electron chi connectivity index (χ1n) is 7.75. The highest BCUT2D eigenvalue weighted by Crippen LogP contribution is 2.20. The number of nitrogens with zero attached hydrogens (tertiary/aromatic N) is 3. The van der Waals surface area contributed by atoms with Gasteiger partial charge < -0.3 is 4.42 Å². The topological polar surface area (TPSA) is 105 Å². The average molecular weight is 350 g/mol. The Morgan fingerprint density at radius 2 is 1.75 bits per heavy atom. The molecule has 8 nitrogen and oxygen atoms in total. The number of carbonyl (C=O) groups is 1. The molecule has 2 aromatic rings. The molecule has 2 heterocycles. The minimum atomic E-state index is -3.52. The van der Waals surface area contributed by atoms with E-state index in [1.54, 1.807) is 0 Å². The number of carbonyl (C=O) groups excluding carboxylic acids is 1. The van der Waals surface area contributed by atoms with E-state index in [1.165, 1.54) is 28.6 Å². The number of sulfonamides is 1. The van der Waals surface area contributed by atoms with Crippen LogP contribution in [0.15, 0.2) is 40.0 Å². The number of benzene rings is 1. The van der Waals surface area contributed by atoms with Crippen molar-refractivity contribution in [2.45, 2.75) is 30.6 Å². The first-order valence-corrected chi connectivity index (χ1v) is 9.19. The van der Waals surface area contributed by atoms with Gasteiger partial charge in [-0.2, -0.15) is 4.31 Å². The van der Waals surface area contributed by atoms with Crippen molar-refractivity contribution >= 4 is 21.9 Å². The molecule has 1 N–H and O–H groups in total. The highest BCUT2D eigenvalue weighted by atomic mass is 32.2. The van der Waals surface area contributed by atoms with E-state index in [1.807, 2.05) is 0 Å². The van der Waals surface area contributed by atoms with Crippen molar-refractivity contribution in [1.82, 2.24) is 14.5 Å². The van der Waals surface area contributed by atoms with Crippen LogP contribution in [0.25, 0.3) is 0 Å². The molecule has 3 rings (SSSR count).